The fourth-order valence-electron chi connectivity index (χ4n) is 2.96. The SMILES string of the molecule is CCNC(=O)Nc1cccc(NC(=O)c2ccccc2N(C)c2ccccc2)c1. The van der Waals surface area contributed by atoms with Crippen molar-refractivity contribution in [2.45, 2.75) is 6.92 Å². The largest absolute Gasteiger partial charge is 0.344 e. The van der Waals surface area contributed by atoms with Crippen molar-refractivity contribution >= 4 is 34.7 Å². The average molecular weight is 388 g/mol. The number of carbonyl (C=O) groups is 2. The standard InChI is InChI=1S/C23H24N4O2/c1-3-24-23(29)26-18-11-9-10-17(16-18)25-22(28)20-14-7-8-15-21(20)27(2)19-12-5-4-6-13-19/h4-16H,3H2,1-2H3,(H,25,28)(H2,24,26,29). The molecule has 0 saturated carbocycles. The van der Waals surface area contributed by atoms with Crippen LogP contribution in [0.25, 0.3) is 0 Å². The number of carbonyl (C=O) groups excluding carboxylic acids is 2. The van der Waals surface area contributed by atoms with Crippen LogP contribution in [0.2, 0.25) is 0 Å². The first-order valence-corrected chi connectivity index (χ1v) is 9.42. The van der Waals surface area contributed by atoms with Gasteiger partial charge in [0.1, 0.15) is 0 Å². The quantitative estimate of drug-likeness (QED) is 0.565. The van der Waals surface area contributed by atoms with E-state index in [0.717, 1.165) is 11.4 Å². The number of para-hydroxylation sites is 2. The van der Waals surface area contributed by atoms with Gasteiger partial charge in [0.2, 0.25) is 0 Å². The number of anilines is 4. The Bertz CT molecular complexity index is 989. The first-order valence-electron chi connectivity index (χ1n) is 9.42. The number of nitrogens with one attached hydrogen (secondary N) is 3. The number of benzene rings is 3. The molecular weight excluding hydrogens is 364 g/mol. The molecule has 3 aromatic carbocycles. The summed E-state index contributed by atoms with van der Waals surface area (Å²) in [5.41, 5.74) is 3.54. The zero-order chi connectivity index (χ0) is 20.6. The molecule has 0 aliphatic rings. The molecule has 0 spiro atoms. The second-order valence-corrected chi connectivity index (χ2v) is 6.43. The number of urea groups is 1. The number of amides is 3. The van der Waals surface area contributed by atoms with E-state index in [9.17, 15) is 9.59 Å². The summed E-state index contributed by atoms with van der Waals surface area (Å²) in [6.07, 6.45) is 0. The van der Waals surface area contributed by atoms with Crippen LogP contribution in [0.15, 0.2) is 78.9 Å². The molecule has 3 N–H and O–H groups in total. The maximum atomic E-state index is 13.0. The van der Waals surface area contributed by atoms with Gasteiger partial charge in [-0.3, -0.25) is 4.79 Å². The lowest BCUT2D eigenvalue weighted by molar-refractivity contribution is 0.102. The highest BCUT2D eigenvalue weighted by Gasteiger charge is 2.15. The Morgan fingerprint density at radius 2 is 1.48 bits per heavy atom. The van der Waals surface area contributed by atoms with Crippen LogP contribution in [-0.4, -0.2) is 25.5 Å². The number of rotatable bonds is 6. The first-order chi connectivity index (χ1) is 14.1. The van der Waals surface area contributed by atoms with Crippen LogP contribution in [-0.2, 0) is 0 Å². The predicted octanol–water partition coefficient (Wildman–Crippen LogP) is 4.85. The van der Waals surface area contributed by atoms with Gasteiger partial charge in [0.05, 0.1) is 11.3 Å². The normalized spacial score (nSPS) is 10.1. The highest BCUT2D eigenvalue weighted by molar-refractivity contribution is 6.08. The van der Waals surface area contributed by atoms with Crippen molar-refractivity contribution < 1.29 is 9.59 Å². The van der Waals surface area contributed by atoms with Gasteiger partial charge in [-0.1, -0.05) is 36.4 Å². The minimum atomic E-state index is -0.286. The molecule has 6 nitrogen and oxygen atoms in total. The van der Waals surface area contributed by atoms with E-state index in [1.54, 1.807) is 30.3 Å². The van der Waals surface area contributed by atoms with E-state index in [1.165, 1.54) is 0 Å². The van der Waals surface area contributed by atoms with Gasteiger partial charge >= 0.3 is 6.03 Å². The van der Waals surface area contributed by atoms with E-state index in [4.69, 9.17) is 0 Å². The molecule has 3 aromatic rings. The van der Waals surface area contributed by atoms with Gasteiger partial charge in [-0.15, -0.1) is 0 Å². The average Bonchev–Trinajstić information content (AvgIpc) is 2.74. The minimum Gasteiger partial charge on any atom is -0.344 e. The monoisotopic (exact) mass is 388 g/mol. The topological polar surface area (TPSA) is 73.5 Å². The van der Waals surface area contributed by atoms with Crippen LogP contribution < -0.4 is 20.9 Å². The van der Waals surface area contributed by atoms with Crippen molar-refractivity contribution in [1.82, 2.24) is 5.32 Å². The Morgan fingerprint density at radius 3 is 2.21 bits per heavy atom. The fraction of sp³-hybridized carbons (Fsp3) is 0.130. The molecule has 6 heteroatoms. The van der Waals surface area contributed by atoms with E-state index < -0.39 is 0 Å². The minimum absolute atomic E-state index is 0.224. The smallest absolute Gasteiger partial charge is 0.319 e. The summed E-state index contributed by atoms with van der Waals surface area (Å²) in [6.45, 7) is 2.38. The molecule has 0 aromatic heterocycles. The van der Waals surface area contributed by atoms with Gasteiger partial charge in [0.15, 0.2) is 0 Å². The van der Waals surface area contributed by atoms with Crippen LogP contribution in [0.3, 0.4) is 0 Å². The molecule has 0 unspecified atom stereocenters. The van der Waals surface area contributed by atoms with E-state index in [0.29, 0.717) is 23.5 Å². The molecule has 148 valence electrons. The van der Waals surface area contributed by atoms with E-state index in [-0.39, 0.29) is 11.9 Å². The highest BCUT2D eigenvalue weighted by atomic mass is 16.2. The second kappa shape index (κ2) is 9.41. The van der Waals surface area contributed by atoms with Crippen molar-refractivity contribution in [2.75, 3.05) is 29.1 Å². The second-order valence-electron chi connectivity index (χ2n) is 6.43. The van der Waals surface area contributed by atoms with Crippen molar-refractivity contribution in [1.29, 1.82) is 0 Å². The lowest BCUT2D eigenvalue weighted by Crippen LogP contribution is -2.28. The Morgan fingerprint density at radius 1 is 0.828 bits per heavy atom. The molecule has 0 aliphatic carbocycles. The zero-order valence-electron chi connectivity index (χ0n) is 16.5. The van der Waals surface area contributed by atoms with Crippen molar-refractivity contribution in [3.63, 3.8) is 0 Å². The molecule has 0 heterocycles. The molecule has 3 amide bonds. The molecular formula is C23H24N4O2. The van der Waals surface area contributed by atoms with E-state index in [1.807, 2.05) is 67.4 Å². The lowest BCUT2D eigenvalue weighted by atomic mass is 10.1. The predicted molar refractivity (Wildman–Crippen MR) is 118 cm³/mol. The molecule has 3 rings (SSSR count). The summed E-state index contributed by atoms with van der Waals surface area (Å²) >= 11 is 0. The fourth-order valence-corrected chi connectivity index (χ4v) is 2.96. The maximum absolute atomic E-state index is 13.0. The zero-order valence-corrected chi connectivity index (χ0v) is 16.5. The lowest BCUT2D eigenvalue weighted by Gasteiger charge is -2.22. The summed E-state index contributed by atoms with van der Waals surface area (Å²) in [6, 6.07) is 24.1. The summed E-state index contributed by atoms with van der Waals surface area (Å²) < 4.78 is 0. The highest BCUT2D eigenvalue weighted by Crippen LogP contribution is 2.27. The van der Waals surface area contributed by atoms with Crippen LogP contribution >= 0.6 is 0 Å². The Kier molecular flexibility index (Phi) is 6.47. The Hall–Kier alpha value is -3.80. The number of nitrogens with zero attached hydrogens (tertiary/aromatic N) is 1. The van der Waals surface area contributed by atoms with Gasteiger partial charge in [-0.05, 0) is 49.4 Å². The molecule has 0 fully saturated rings. The summed E-state index contributed by atoms with van der Waals surface area (Å²) in [7, 11) is 1.93. The van der Waals surface area contributed by atoms with Crippen molar-refractivity contribution in [2.24, 2.45) is 0 Å². The van der Waals surface area contributed by atoms with E-state index >= 15 is 0 Å². The summed E-state index contributed by atoms with van der Waals surface area (Å²) in [5, 5.41) is 8.32. The Balaban J connectivity index is 1.79. The molecule has 0 radical (unpaired) electrons. The van der Waals surface area contributed by atoms with Crippen LogP contribution in [0, 0.1) is 0 Å². The number of hydrogen-bond acceptors (Lipinski definition) is 3. The molecule has 0 bridgehead atoms. The number of hydrogen-bond donors (Lipinski definition) is 3. The third-order valence-corrected chi connectivity index (χ3v) is 4.37. The van der Waals surface area contributed by atoms with Gasteiger partial charge in [-0.25, -0.2) is 4.79 Å². The summed E-state index contributed by atoms with van der Waals surface area (Å²) in [4.78, 5) is 26.7. The van der Waals surface area contributed by atoms with Gasteiger partial charge < -0.3 is 20.9 Å². The van der Waals surface area contributed by atoms with Gasteiger partial charge in [-0.2, -0.15) is 0 Å². The van der Waals surface area contributed by atoms with Crippen molar-refractivity contribution in [3.8, 4) is 0 Å². The van der Waals surface area contributed by atoms with Crippen LogP contribution in [0.1, 0.15) is 17.3 Å². The third-order valence-electron chi connectivity index (χ3n) is 4.37. The molecule has 29 heavy (non-hydrogen) atoms. The Labute approximate surface area is 170 Å². The van der Waals surface area contributed by atoms with Gasteiger partial charge in [0, 0.05) is 30.7 Å². The molecule has 0 atom stereocenters. The van der Waals surface area contributed by atoms with Crippen molar-refractivity contribution in [3.05, 3.63) is 84.4 Å². The summed E-state index contributed by atoms with van der Waals surface area (Å²) in [5.74, 6) is -0.224. The molecule has 0 saturated heterocycles. The first kappa shape index (κ1) is 19.9. The van der Waals surface area contributed by atoms with Gasteiger partial charge in [0.25, 0.3) is 5.91 Å². The van der Waals surface area contributed by atoms with Crippen LogP contribution in [0.4, 0.5) is 27.5 Å². The van der Waals surface area contributed by atoms with Crippen LogP contribution in [0.5, 0.6) is 0 Å². The van der Waals surface area contributed by atoms with E-state index in [2.05, 4.69) is 16.0 Å². The maximum Gasteiger partial charge on any atom is 0.319 e. The third kappa shape index (κ3) is 5.13. The molecule has 0 aliphatic heterocycles.